The molecule has 0 spiro atoms. The van der Waals surface area contributed by atoms with Crippen LogP contribution in [0.3, 0.4) is 0 Å². The van der Waals surface area contributed by atoms with Crippen molar-refractivity contribution < 1.29 is 19.1 Å². The van der Waals surface area contributed by atoms with Crippen molar-refractivity contribution in [3.05, 3.63) is 17.2 Å². The van der Waals surface area contributed by atoms with Crippen molar-refractivity contribution in [2.24, 2.45) is 23.2 Å². The molecule has 1 saturated heterocycles. The van der Waals surface area contributed by atoms with Crippen LogP contribution in [-0.4, -0.2) is 68.6 Å². The number of hydrogen-bond donors (Lipinski definition) is 1. The molecular weight excluding hydrogens is 442 g/mol. The number of nitrogens with one attached hydrogen (secondary N) is 1. The van der Waals surface area contributed by atoms with Crippen LogP contribution in [0.2, 0.25) is 5.02 Å². The average Bonchev–Trinajstić information content (AvgIpc) is 2.78. The van der Waals surface area contributed by atoms with Crippen LogP contribution in [0.4, 0.5) is 5.69 Å². The summed E-state index contributed by atoms with van der Waals surface area (Å²) in [6.07, 6.45) is 7.35. The predicted molar refractivity (Wildman–Crippen MR) is 127 cm³/mol. The van der Waals surface area contributed by atoms with Crippen LogP contribution >= 0.6 is 11.6 Å². The van der Waals surface area contributed by atoms with Gasteiger partial charge in [-0.2, -0.15) is 0 Å². The molecular formula is C25H34ClN3O4. The van der Waals surface area contributed by atoms with E-state index in [-0.39, 0.29) is 17.9 Å². The topological polar surface area (TPSA) is 71.1 Å². The van der Waals surface area contributed by atoms with Gasteiger partial charge in [0, 0.05) is 32.2 Å². The van der Waals surface area contributed by atoms with Crippen molar-refractivity contribution in [1.29, 1.82) is 0 Å². The van der Waals surface area contributed by atoms with E-state index in [2.05, 4.69) is 15.1 Å². The summed E-state index contributed by atoms with van der Waals surface area (Å²) in [5.74, 6) is 3.57. The summed E-state index contributed by atoms with van der Waals surface area (Å²) in [5, 5.41) is 3.31. The molecule has 0 unspecified atom stereocenters. The van der Waals surface area contributed by atoms with Gasteiger partial charge in [0.2, 0.25) is 11.8 Å². The maximum absolute atomic E-state index is 13.6. The van der Waals surface area contributed by atoms with Crippen LogP contribution in [0.25, 0.3) is 0 Å². The third-order valence-corrected chi connectivity index (χ3v) is 8.56. The molecule has 5 aliphatic rings. The number of halogens is 1. The summed E-state index contributed by atoms with van der Waals surface area (Å²) < 4.78 is 10.6. The number of piperazine rings is 1. The number of amides is 2. The first kappa shape index (κ1) is 22.8. The molecule has 7 nitrogen and oxygen atoms in total. The Labute approximate surface area is 200 Å². The van der Waals surface area contributed by atoms with E-state index in [4.69, 9.17) is 21.1 Å². The second kappa shape index (κ2) is 8.99. The quantitative estimate of drug-likeness (QED) is 0.680. The molecule has 4 bridgehead atoms. The third-order valence-electron chi connectivity index (χ3n) is 8.27. The molecule has 33 heavy (non-hydrogen) atoms. The van der Waals surface area contributed by atoms with Gasteiger partial charge in [-0.1, -0.05) is 11.6 Å². The van der Waals surface area contributed by atoms with E-state index in [1.54, 1.807) is 19.2 Å². The zero-order chi connectivity index (χ0) is 23.2. The molecule has 2 amide bonds. The minimum absolute atomic E-state index is 0.0848. The van der Waals surface area contributed by atoms with Crippen molar-refractivity contribution in [3.8, 4) is 11.5 Å². The number of ether oxygens (including phenoxy) is 2. The van der Waals surface area contributed by atoms with Gasteiger partial charge in [0.15, 0.2) is 0 Å². The minimum Gasteiger partial charge on any atom is -0.495 e. The van der Waals surface area contributed by atoms with Crippen LogP contribution in [0.1, 0.15) is 38.5 Å². The summed E-state index contributed by atoms with van der Waals surface area (Å²) in [4.78, 5) is 30.4. The fourth-order valence-corrected chi connectivity index (χ4v) is 7.41. The van der Waals surface area contributed by atoms with Gasteiger partial charge in [-0.25, -0.2) is 0 Å². The number of rotatable bonds is 6. The van der Waals surface area contributed by atoms with Crippen molar-refractivity contribution in [2.45, 2.75) is 38.5 Å². The van der Waals surface area contributed by atoms with E-state index >= 15 is 0 Å². The molecule has 0 radical (unpaired) electrons. The molecule has 4 aliphatic carbocycles. The first-order valence-corrected chi connectivity index (χ1v) is 12.5. The molecule has 4 saturated carbocycles. The van der Waals surface area contributed by atoms with Gasteiger partial charge in [-0.05, 0) is 62.3 Å². The highest BCUT2D eigenvalue weighted by molar-refractivity contribution is 6.32. The Morgan fingerprint density at radius 3 is 2.09 bits per heavy atom. The van der Waals surface area contributed by atoms with Crippen molar-refractivity contribution in [3.63, 3.8) is 0 Å². The van der Waals surface area contributed by atoms with Gasteiger partial charge in [-0.3, -0.25) is 14.5 Å². The van der Waals surface area contributed by atoms with E-state index < -0.39 is 0 Å². The fraction of sp³-hybridized carbons (Fsp3) is 0.680. The summed E-state index contributed by atoms with van der Waals surface area (Å²) in [6, 6.07) is 3.30. The molecule has 1 aromatic rings. The lowest BCUT2D eigenvalue weighted by molar-refractivity contribution is -0.159. The summed E-state index contributed by atoms with van der Waals surface area (Å²) in [6.45, 7) is 3.10. The van der Waals surface area contributed by atoms with Crippen molar-refractivity contribution in [2.75, 3.05) is 52.3 Å². The van der Waals surface area contributed by atoms with Gasteiger partial charge >= 0.3 is 0 Å². The molecule has 1 aliphatic heterocycles. The Hall–Kier alpha value is -1.99. The van der Waals surface area contributed by atoms with E-state index in [1.807, 2.05) is 0 Å². The number of carbonyl (C=O) groups excluding carboxylic acids is 2. The standard InChI is InChI=1S/C25H34ClN3O4/c1-32-21-11-22(33-2)20(10-19(21)26)27-23(30)15-28-3-5-29(6-4-28)24(31)25-12-16-7-17(13-25)9-18(8-16)14-25/h10-11,16-18H,3-9,12-15H2,1-2H3,(H,27,30). The van der Waals surface area contributed by atoms with E-state index in [1.165, 1.54) is 26.4 Å². The van der Waals surface area contributed by atoms with Crippen LogP contribution < -0.4 is 14.8 Å². The van der Waals surface area contributed by atoms with Gasteiger partial charge < -0.3 is 19.7 Å². The number of anilines is 1. The first-order valence-electron chi connectivity index (χ1n) is 12.1. The molecule has 0 aromatic heterocycles. The van der Waals surface area contributed by atoms with Gasteiger partial charge in [-0.15, -0.1) is 0 Å². The number of carbonyl (C=O) groups is 2. The molecule has 8 heteroatoms. The zero-order valence-electron chi connectivity index (χ0n) is 19.6. The largest absolute Gasteiger partial charge is 0.495 e. The number of nitrogens with zero attached hydrogens (tertiary/aromatic N) is 2. The highest BCUT2D eigenvalue weighted by atomic mass is 35.5. The normalized spacial score (nSPS) is 30.9. The predicted octanol–water partition coefficient (Wildman–Crippen LogP) is 3.66. The van der Waals surface area contributed by atoms with Crippen LogP contribution in [0.5, 0.6) is 11.5 Å². The van der Waals surface area contributed by atoms with Crippen LogP contribution in [-0.2, 0) is 9.59 Å². The Morgan fingerprint density at radius 1 is 0.970 bits per heavy atom. The Bertz CT molecular complexity index is 893. The summed E-state index contributed by atoms with van der Waals surface area (Å²) in [5.41, 5.74) is 0.433. The highest BCUT2D eigenvalue weighted by Gasteiger charge is 2.55. The summed E-state index contributed by atoms with van der Waals surface area (Å²) >= 11 is 6.21. The second-order valence-corrected chi connectivity index (χ2v) is 10.9. The fourth-order valence-electron chi connectivity index (χ4n) is 7.17. The molecule has 180 valence electrons. The molecule has 0 atom stereocenters. The Morgan fingerprint density at radius 2 is 1.55 bits per heavy atom. The van der Waals surface area contributed by atoms with Gasteiger partial charge in [0.25, 0.3) is 0 Å². The third kappa shape index (κ3) is 4.42. The zero-order valence-corrected chi connectivity index (χ0v) is 20.3. The lowest BCUT2D eigenvalue weighted by Crippen LogP contribution is -2.58. The van der Waals surface area contributed by atoms with Gasteiger partial charge in [0.1, 0.15) is 11.5 Å². The lowest BCUT2D eigenvalue weighted by atomic mass is 9.49. The summed E-state index contributed by atoms with van der Waals surface area (Å²) in [7, 11) is 3.07. The van der Waals surface area contributed by atoms with E-state index in [0.717, 1.165) is 37.0 Å². The van der Waals surface area contributed by atoms with Gasteiger partial charge in [0.05, 0.1) is 36.9 Å². The SMILES string of the molecule is COc1cc(OC)c(NC(=O)CN2CCN(C(=O)C34CC5CC(CC(C5)C3)C4)CC2)cc1Cl. The highest BCUT2D eigenvalue weighted by Crippen LogP contribution is 2.60. The Kier molecular flexibility index (Phi) is 6.21. The molecule has 1 aromatic carbocycles. The number of benzene rings is 1. The monoisotopic (exact) mass is 475 g/mol. The van der Waals surface area contributed by atoms with Crippen molar-refractivity contribution in [1.82, 2.24) is 9.80 Å². The van der Waals surface area contributed by atoms with Crippen LogP contribution in [0, 0.1) is 23.2 Å². The average molecular weight is 476 g/mol. The van der Waals surface area contributed by atoms with E-state index in [0.29, 0.717) is 54.3 Å². The first-order chi connectivity index (χ1) is 15.9. The molecule has 5 fully saturated rings. The number of hydrogen-bond acceptors (Lipinski definition) is 5. The van der Waals surface area contributed by atoms with Crippen LogP contribution in [0.15, 0.2) is 12.1 Å². The maximum atomic E-state index is 13.6. The maximum Gasteiger partial charge on any atom is 0.238 e. The minimum atomic E-state index is -0.129. The Balaban J connectivity index is 1.15. The molecule has 1 heterocycles. The number of methoxy groups -OCH3 is 2. The lowest BCUT2D eigenvalue weighted by Gasteiger charge is -2.57. The molecule has 6 rings (SSSR count). The second-order valence-electron chi connectivity index (χ2n) is 10.5. The van der Waals surface area contributed by atoms with E-state index in [9.17, 15) is 9.59 Å². The molecule has 1 N–H and O–H groups in total. The smallest absolute Gasteiger partial charge is 0.238 e. The van der Waals surface area contributed by atoms with Crippen molar-refractivity contribution >= 4 is 29.1 Å².